The molecule has 2 saturated heterocycles. The molecule has 1 aromatic heterocycles. The molecule has 7 nitrogen and oxygen atoms in total. The smallest absolute Gasteiger partial charge is 0.229 e. The number of halogens is 1. The molecule has 0 unspecified atom stereocenters. The minimum Gasteiger partial charge on any atom is -0.489 e. The molecule has 2 fully saturated rings. The predicted octanol–water partition coefficient (Wildman–Crippen LogP) is 7.77. The van der Waals surface area contributed by atoms with Crippen molar-refractivity contribution < 1.29 is 4.74 Å². The third-order valence-electron chi connectivity index (χ3n) is 8.78. The lowest BCUT2D eigenvalue weighted by atomic mass is 9.85. The Labute approximate surface area is 268 Å². The maximum atomic E-state index is 6.38. The molecule has 0 spiro atoms. The van der Waals surface area contributed by atoms with Crippen LogP contribution in [0.2, 0.25) is 0 Å². The van der Waals surface area contributed by atoms with Crippen LogP contribution in [0.15, 0.2) is 41.0 Å². The van der Waals surface area contributed by atoms with E-state index in [9.17, 15) is 0 Å². The van der Waals surface area contributed by atoms with Crippen LogP contribution in [0.4, 0.5) is 23.1 Å². The fraction of sp³-hybridized carbons (Fsp3) is 0.529. The van der Waals surface area contributed by atoms with Crippen LogP contribution in [0.25, 0.3) is 0 Å². The Balaban J connectivity index is 1.34. The molecule has 5 rings (SSSR count). The number of aromatic nitrogens is 2. The summed E-state index contributed by atoms with van der Waals surface area (Å²) in [6.45, 7) is 17.9. The van der Waals surface area contributed by atoms with E-state index in [1.54, 1.807) is 6.20 Å². The van der Waals surface area contributed by atoms with Crippen molar-refractivity contribution >= 4 is 52.3 Å². The number of aryl methyl sites for hydroxylation is 2. The number of likely N-dealkylation sites (tertiary alicyclic amines) is 2. The number of hydrogen-bond donors (Lipinski definition) is 2. The van der Waals surface area contributed by atoms with Gasteiger partial charge in [-0.1, -0.05) is 19.6 Å². The molecule has 9 heteroatoms. The van der Waals surface area contributed by atoms with Crippen molar-refractivity contribution in [1.82, 2.24) is 19.8 Å². The van der Waals surface area contributed by atoms with Crippen molar-refractivity contribution in [2.24, 2.45) is 0 Å². The maximum Gasteiger partial charge on any atom is 0.229 e. The molecule has 0 atom stereocenters. The summed E-state index contributed by atoms with van der Waals surface area (Å²) in [4.78, 5) is 14.7. The summed E-state index contributed by atoms with van der Waals surface area (Å²) in [5.41, 5.74) is 5.94. The summed E-state index contributed by atoms with van der Waals surface area (Å²) in [6, 6.07) is 11.8. The fourth-order valence-electron chi connectivity index (χ4n) is 6.41. The van der Waals surface area contributed by atoms with Gasteiger partial charge in [0.25, 0.3) is 0 Å². The van der Waals surface area contributed by atoms with Crippen molar-refractivity contribution in [2.75, 3.05) is 57.2 Å². The van der Waals surface area contributed by atoms with Crippen LogP contribution < -0.4 is 20.7 Å². The van der Waals surface area contributed by atoms with Gasteiger partial charge in [-0.15, -0.1) is 0 Å². The summed E-state index contributed by atoms with van der Waals surface area (Å²) < 4.78 is 7.19. The lowest BCUT2D eigenvalue weighted by Crippen LogP contribution is -2.46. The molecule has 2 aromatic carbocycles. The molecular formula is C34H48BrN6OP. The topological polar surface area (TPSA) is 65.6 Å². The Morgan fingerprint density at radius 2 is 1.67 bits per heavy atom. The molecule has 0 saturated carbocycles. The van der Waals surface area contributed by atoms with Gasteiger partial charge >= 0.3 is 0 Å². The average molecular weight is 668 g/mol. The van der Waals surface area contributed by atoms with Crippen molar-refractivity contribution in [3.8, 4) is 5.75 Å². The normalized spacial score (nSPS) is 17.5. The molecular weight excluding hydrogens is 619 g/mol. The number of piperidine rings is 2. The number of anilines is 4. The van der Waals surface area contributed by atoms with E-state index < -0.39 is 0 Å². The summed E-state index contributed by atoms with van der Waals surface area (Å²) >= 11 is 3.65. The predicted molar refractivity (Wildman–Crippen MR) is 187 cm³/mol. The van der Waals surface area contributed by atoms with E-state index in [-0.39, 0.29) is 14.0 Å². The van der Waals surface area contributed by atoms with Crippen LogP contribution in [0.5, 0.6) is 5.75 Å². The molecule has 0 bridgehead atoms. The van der Waals surface area contributed by atoms with Crippen LogP contribution >= 0.6 is 23.9 Å². The van der Waals surface area contributed by atoms with Gasteiger partial charge in [-0.25, -0.2) is 4.98 Å². The second-order valence-electron chi connectivity index (χ2n) is 12.8. The molecule has 43 heavy (non-hydrogen) atoms. The zero-order valence-corrected chi connectivity index (χ0v) is 29.4. The Hall–Kier alpha value is -2.25. The standard InChI is InChI=1S/C34H48BrN6OP/c1-22(2)42-31-20-27(25-10-16-41(17-11-25)26-12-14-40(5)15-13-26)24(4)19-30(31)38-34-36-21-28(35)33(39-34)37-29-9-8-23(3)18-32(29)43(6)7/h8-9,18-22,25-26H,10-17H2,1-7H3,(H2,36,37,38,39). The van der Waals surface area contributed by atoms with Crippen LogP contribution in [0.1, 0.15) is 62.1 Å². The number of nitrogens with zero attached hydrogens (tertiary/aromatic N) is 4. The number of ether oxygens (including phenoxy) is 1. The van der Waals surface area contributed by atoms with Crippen LogP contribution in [-0.2, 0) is 0 Å². The fourth-order valence-corrected chi connectivity index (χ4v) is 7.77. The minimum atomic E-state index is -0.277. The first-order valence-corrected chi connectivity index (χ1v) is 18.7. The average Bonchev–Trinajstić information content (AvgIpc) is 2.97. The first kappa shape index (κ1) is 32.2. The summed E-state index contributed by atoms with van der Waals surface area (Å²) in [5.74, 6) is 2.67. The Morgan fingerprint density at radius 1 is 0.953 bits per heavy atom. The first-order chi connectivity index (χ1) is 20.6. The molecule has 2 aliphatic heterocycles. The highest BCUT2D eigenvalue weighted by atomic mass is 79.9. The molecule has 0 amide bonds. The lowest BCUT2D eigenvalue weighted by molar-refractivity contribution is 0.0965. The van der Waals surface area contributed by atoms with E-state index in [1.807, 2.05) is 0 Å². The van der Waals surface area contributed by atoms with Crippen LogP contribution in [-0.4, -0.2) is 78.5 Å². The van der Waals surface area contributed by atoms with Gasteiger partial charge < -0.3 is 25.2 Å². The van der Waals surface area contributed by atoms with Crippen molar-refractivity contribution in [3.63, 3.8) is 0 Å². The lowest BCUT2D eigenvalue weighted by Gasteiger charge is -2.41. The van der Waals surface area contributed by atoms with Gasteiger partial charge in [-0.3, -0.25) is 0 Å². The number of hydrogen-bond acceptors (Lipinski definition) is 7. The molecule has 3 aromatic rings. The van der Waals surface area contributed by atoms with E-state index in [2.05, 4.69) is 120 Å². The van der Waals surface area contributed by atoms with Gasteiger partial charge in [0.2, 0.25) is 5.95 Å². The largest absolute Gasteiger partial charge is 0.489 e. The molecule has 2 N–H and O–H groups in total. The monoisotopic (exact) mass is 666 g/mol. The molecule has 2 aliphatic rings. The second-order valence-corrected chi connectivity index (χ2v) is 15.9. The van der Waals surface area contributed by atoms with Crippen LogP contribution in [0.3, 0.4) is 0 Å². The Kier molecular flexibility index (Phi) is 10.6. The van der Waals surface area contributed by atoms with Crippen LogP contribution in [0, 0.1) is 13.8 Å². The highest BCUT2D eigenvalue weighted by Gasteiger charge is 2.29. The molecule has 0 radical (unpaired) electrons. The maximum absolute atomic E-state index is 6.38. The third-order valence-corrected chi connectivity index (χ3v) is 10.7. The Morgan fingerprint density at radius 3 is 2.35 bits per heavy atom. The van der Waals surface area contributed by atoms with Crippen molar-refractivity contribution in [2.45, 2.75) is 71.4 Å². The zero-order valence-electron chi connectivity index (χ0n) is 26.9. The second kappa shape index (κ2) is 14.2. The molecule has 3 heterocycles. The third kappa shape index (κ3) is 8.08. The van der Waals surface area contributed by atoms with Gasteiger partial charge in [-0.05, 0) is 162 Å². The summed E-state index contributed by atoms with van der Waals surface area (Å²) in [6.07, 6.45) is 6.85. The van der Waals surface area contributed by atoms with E-state index in [4.69, 9.17) is 9.72 Å². The quantitative estimate of drug-likeness (QED) is 0.226. The van der Waals surface area contributed by atoms with Gasteiger partial charge in [0.05, 0.1) is 16.3 Å². The van der Waals surface area contributed by atoms with Gasteiger partial charge in [0, 0.05) is 17.9 Å². The van der Waals surface area contributed by atoms with Gasteiger partial charge in [-0.2, -0.15) is 4.98 Å². The first-order valence-electron chi connectivity index (χ1n) is 15.7. The Bertz CT molecular complexity index is 1400. The summed E-state index contributed by atoms with van der Waals surface area (Å²) in [5, 5.41) is 8.37. The van der Waals surface area contributed by atoms with E-state index in [1.165, 1.54) is 73.9 Å². The van der Waals surface area contributed by atoms with E-state index in [0.29, 0.717) is 11.9 Å². The zero-order chi connectivity index (χ0) is 30.7. The van der Waals surface area contributed by atoms with Gasteiger partial charge in [0.1, 0.15) is 11.6 Å². The molecule has 0 aliphatic carbocycles. The van der Waals surface area contributed by atoms with Crippen molar-refractivity contribution in [3.05, 3.63) is 57.7 Å². The number of rotatable bonds is 9. The van der Waals surface area contributed by atoms with Gasteiger partial charge in [0.15, 0.2) is 0 Å². The van der Waals surface area contributed by atoms with E-state index >= 15 is 0 Å². The van der Waals surface area contributed by atoms with Crippen molar-refractivity contribution in [1.29, 1.82) is 0 Å². The highest BCUT2D eigenvalue weighted by Crippen LogP contribution is 2.39. The SMILES string of the molecule is Cc1ccc(Nc2nc(Nc3cc(C)c(C4CCN(C5CCN(C)CC5)CC4)cc3OC(C)C)ncc2Br)c(P(C)C)c1. The van der Waals surface area contributed by atoms with E-state index in [0.717, 1.165) is 33.5 Å². The summed E-state index contributed by atoms with van der Waals surface area (Å²) in [7, 11) is 1.97. The number of benzene rings is 2. The molecule has 232 valence electrons. The highest BCUT2D eigenvalue weighted by molar-refractivity contribution is 9.10. The number of nitrogens with one attached hydrogen (secondary N) is 2. The minimum absolute atomic E-state index is 0.0587.